The molecular weight excluding hydrogens is 97.0 g/mol. The van der Waals surface area contributed by atoms with Crippen LogP contribution < -0.4 is 0 Å². The maximum Gasteiger partial charge on any atom is 0.156 e. The highest BCUT2D eigenvalue weighted by Gasteiger charge is 1.75. The molecular formula is C3H4NOP. The SMILES string of the molecule is N#CCCP=O. The van der Waals surface area contributed by atoms with Gasteiger partial charge < -0.3 is 0 Å². The van der Waals surface area contributed by atoms with Crippen molar-refractivity contribution in [3.63, 3.8) is 0 Å². The summed E-state index contributed by atoms with van der Waals surface area (Å²) in [6.07, 6.45) is 0.863. The minimum Gasteiger partial charge on any atom is -0.275 e. The summed E-state index contributed by atoms with van der Waals surface area (Å²) in [5.41, 5.74) is 0. The van der Waals surface area contributed by atoms with Gasteiger partial charge in [-0.05, 0) is 0 Å². The molecule has 32 valence electrons. The molecule has 2 nitrogen and oxygen atoms in total. The minimum absolute atomic E-state index is 0.0729. The number of rotatable bonds is 2. The summed E-state index contributed by atoms with van der Waals surface area (Å²) in [4.78, 5) is 0. The second-order valence-electron chi connectivity index (χ2n) is 0.761. The first-order chi connectivity index (χ1) is 2.91. The molecule has 0 heterocycles. The smallest absolute Gasteiger partial charge is 0.156 e. The van der Waals surface area contributed by atoms with Crippen molar-refractivity contribution in [3.8, 4) is 6.07 Å². The third-order valence-electron chi connectivity index (χ3n) is 0.315. The Morgan fingerprint density at radius 1 is 1.83 bits per heavy atom. The first-order valence-electron chi connectivity index (χ1n) is 1.58. The number of nitrogens with zero attached hydrogens (tertiary/aromatic N) is 1. The molecule has 0 aromatic rings. The molecule has 0 rings (SSSR count). The van der Waals surface area contributed by atoms with Gasteiger partial charge in [-0.15, -0.1) is 0 Å². The van der Waals surface area contributed by atoms with Gasteiger partial charge in [0.1, 0.15) is 0 Å². The van der Waals surface area contributed by atoms with Gasteiger partial charge in [0.25, 0.3) is 0 Å². The number of hydrogen-bond acceptors (Lipinski definition) is 2. The van der Waals surface area contributed by atoms with E-state index in [-0.39, 0.29) is 8.46 Å². The Labute approximate surface area is 38.0 Å². The molecule has 0 N–H and O–H groups in total. The molecule has 0 aliphatic carbocycles. The quantitative estimate of drug-likeness (QED) is 0.387. The largest absolute Gasteiger partial charge is 0.275 e. The molecule has 0 saturated heterocycles. The fraction of sp³-hybridized carbons (Fsp3) is 0.667. The van der Waals surface area contributed by atoms with E-state index < -0.39 is 0 Å². The van der Waals surface area contributed by atoms with E-state index in [0.29, 0.717) is 12.6 Å². The van der Waals surface area contributed by atoms with Crippen LogP contribution in [0.4, 0.5) is 0 Å². The lowest BCUT2D eigenvalue weighted by Gasteiger charge is -1.64. The molecule has 0 spiro atoms. The Kier molecular flexibility index (Phi) is 4.28. The van der Waals surface area contributed by atoms with Crippen molar-refractivity contribution in [2.75, 3.05) is 6.16 Å². The van der Waals surface area contributed by atoms with Crippen LogP contribution in [-0.2, 0) is 4.57 Å². The van der Waals surface area contributed by atoms with Crippen molar-refractivity contribution in [2.45, 2.75) is 6.42 Å². The average molecular weight is 101 g/mol. The highest BCUT2D eigenvalue weighted by atomic mass is 31.1. The van der Waals surface area contributed by atoms with Gasteiger partial charge in [0.2, 0.25) is 0 Å². The lowest BCUT2D eigenvalue weighted by atomic mass is 10.6. The predicted molar refractivity (Wildman–Crippen MR) is 22.7 cm³/mol. The summed E-state index contributed by atoms with van der Waals surface area (Å²) >= 11 is 0. The Hall–Kier alpha value is -0.410. The molecule has 0 atom stereocenters. The summed E-state index contributed by atoms with van der Waals surface area (Å²) < 4.78 is 9.51. The van der Waals surface area contributed by atoms with Crippen LogP contribution in [0, 0.1) is 11.3 Å². The van der Waals surface area contributed by atoms with Gasteiger partial charge in [-0.25, -0.2) is 0 Å². The minimum atomic E-state index is 0.0729. The van der Waals surface area contributed by atoms with E-state index in [4.69, 9.17) is 5.26 Å². The van der Waals surface area contributed by atoms with Gasteiger partial charge in [-0.3, -0.25) is 4.57 Å². The second kappa shape index (κ2) is 4.59. The van der Waals surface area contributed by atoms with Crippen molar-refractivity contribution < 1.29 is 4.57 Å². The summed E-state index contributed by atoms with van der Waals surface area (Å²) in [5.74, 6) is 0. The van der Waals surface area contributed by atoms with Crippen LogP contribution >= 0.6 is 8.46 Å². The van der Waals surface area contributed by atoms with E-state index in [9.17, 15) is 4.57 Å². The van der Waals surface area contributed by atoms with E-state index >= 15 is 0 Å². The number of hydrogen-bond donors (Lipinski definition) is 0. The third-order valence-corrected chi connectivity index (χ3v) is 0.721. The fourth-order valence-corrected chi connectivity index (χ4v) is 0.287. The monoisotopic (exact) mass is 101 g/mol. The standard InChI is InChI=1S/C3H4NOP/c4-2-1-3-6-5/h1,3H2. The Balaban J connectivity index is 2.72. The van der Waals surface area contributed by atoms with E-state index in [1.54, 1.807) is 0 Å². The van der Waals surface area contributed by atoms with Crippen molar-refractivity contribution in [3.05, 3.63) is 0 Å². The van der Waals surface area contributed by atoms with Crippen molar-refractivity contribution in [1.29, 1.82) is 5.26 Å². The van der Waals surface area contributed by atoms with Crippen molar-refractivity contribution in [2.24, 2.45) is 0 Å². The van der Waals surface area contributed by atoms with Crippen LogP contribution in [-0.4, -0.2) is 6.16 Å². The summed E-state index contributed by atoms with van der Waals surface area (Å²) in [7, 11) is 0.0729. The summed E-state index contributed by atoms with van der Waals surface area (Å²) in [5, 5.41) is 7.80. The van der Waals surface area contributed by atoms with Crippen molar-refractivity contribution in [1.82, 2.24) is 0 Å². The van der Waals surface area contributed by atoms with Crippen LogP contribution in [0.15, 0.2) is 0 Å². The molecule has 0 aromatic heterocycles. The van der Waals surface area contributed by atoms with Gasteiger partial charge in [-0.2, -0.15) is 5.26 Å². The van der Waals surface area contributed by atoms with E-state index in [1.807, 2.05) is 6.07 Å². The zero-order valence-corrected chi connectivity index (χ0v) is 4.11. The second-order valence-corrected chi connectivity index (χ2v) is 1.47. The van der Waals surface area contributed by atoms with E-state index in [0.717, 1.165) is 0 Å². The summed E-state index contributed by atoms with van der Waals surface area (Å²) in [6, 6.07) is 1.86. The third kappa shape index (κ3) is 3.59. The zero-order chi connectivity index (χ0) is 4.83. The molecule has 0 fully saturated rings. The molecule has 0 saturated carbocycles. The number of nitriles is 1. The van der Waals surface area contributed by atoms with Crippen molar-refractivity contribution >= 4 is 8.46 Å². The normalized spacial score (nSPS) is 7.83. The molecule has 0 aliphatic heterocycles. The van der Waals surface area contributed by atoms with E-state index in [2.05, 4.69) is 0 Å². The molecule has 3 heteroatoms. The van der Waals surface area contributed by atoms with Crippen LogP contribution in [0.1, 0.15) is 6.42 Å². The van der Waals surface area contributed by atoms with E-state index in [1.165, 1.54) is 0 Å². The van der Waals surface area contributed by atoms with Gasteiger partial charge in [0.05, 0.1) is 6.07 Å². The van der Waals surface area contributed by atoms with Crippen LogP contribution in [0.5, 0.6) is 0 Å². The summed E-state index contributed by atoms with van der Waals surface area (Å²) in [6.45, 7) is 0. The molecule has 0 unspecified atom stereocenters. The first-order valence-corrected chi connectivity index (χ1v) is 2.57. The molecule has 6 heavy (non-hydrogen) atoms. The van der Waals surface area contributed by atoms with Crippen LogP contribution in [0.3, 0.4) is 0 Å². The Morgan fingerprint density at radius 2 is 2.50 bits per heavy atom. The average Bonchev–Trinajstić information content (AvgIpc) is 1.61. The molecule has 0 amide bonds. The van der Waals surface area contributed by atoms with Gasteiger partial charge in [-0.1, -0.05) is 0 Å². The highest BCUT2D eigenvalue weighted by Crippen LogP contribution is 1.91. The predicted octanol–water partition coefficient (Wildman–Crippen LogP) is 1.19. The van der Waals surface area contributed by atoms with Gasteiger partial charge in [0.15, 0.2) is 8.46 Å². The zero-order valence-electron chi connectivity index (χ0n) is 3.22. The Morgan fingerprint density at radius 3 is 2.67 bits per heavy atom. The first kappa shape index (κ1) is 5.59. The molecule has 0 radical (unpaired) electrons. The molecule has 0 aliphatic rings. The lowest BCUT2D eigenvalue weighted by Crippen LogP contribution is -1.62. The molecule has 0 bridgehead atoms. The molecule has 0 aromatic carbocycles. The topological polar surface area (TPSA) is 40.9 Å². The lowest BCUT2D eigenvalue weighted by molar-refractivity contribution is 0.598. The van der Waals surface area contributed by atoms with Crippen LogP contribution in [0.2, 0.25) is 0 Å². The van der Waals surface area contributed by atoms with Gasteiger partial charge >= 0.3 is 0 Å². The van der Waals surface area contributed by atoms with Gasteiger partial charge in [0, 0.05) is 12.6 Å². The maximum atomic E-state index is 9.51. The fourth-order valence-electron chi connectivity index (χ4n) is 0.0956. The van der Waals surface area contributed by atoms with Crippen LogP contribution in [0.25, 0.3) is 0 Å². The maximum absolute atomic E-state index is 9.51. The highest BCUT2D eigenvalue weighted by molar-refractivity contribution is 7.23. The Bertz CT molecular complexity index is 75.4.